The summed E-state index contributed by atoms with van der Waals surface area (Å²) in [6, 6.07) is 0.599. The summed E-state index contributed by atoms with van der Waals surface area (Å²) in [7, 11) is 1.93. The van der Waals surface area contributed by atoms with Crippen LogP contribution >= 0.6 is 0 Å². The van der Waals surface area contributed by atoms with E-state index in [0.29, 0.717) is 25.0 Å². The van der Waals surface area contributed by atoms with Crippen molar-refractivity contribution in [3.8, 4) is 0 Å². The molecule has 2 aliphatic rings. The van der Waals surface area contributed by atoms with E-state index in [2.05, 4.69) is 19.2 Å². The molecule has 0 saturated carbocycles. The summed E-state index contributed by atoms with van der Waals surface area (Å²) >= 11 is 0. The van der Waals surface area contributed by atoms with Gasteiger partial charge in [-0.3, -0.25) is 9.59 Å². The number of amides is 2. The third-order valence-corrected chi connectivity index (χ3v) is 4.99. The molecule has 1 N–H and O–H groups in total. The first-order valence-corrected chi connectivity index (χ1v) is 8.36. The van der Waals surface area contributed by atoms with Crippen molar-refractivity contribution < 1.29 is 9.59 Å². The van der Waals surface area contributed by atoms with Crippen LogP contribution in [0, 0.1) is 5.92 Å². The SMILES string of the molecule is CCC(CC)N1CC(C(=O)N2CCCC2CNC)CC1=O. The molecule has 2 aliphatic heterocycles. The fourth-order valence-electron chi connectivity index (χ4n) is 3.79. The third-order valence-electron chi connectivity index (χ3n) is 4.99. The quantitative estimate of drug-likeness (QED) is 0.802. The maximum absolute atomic E-state index is 12.7. The molecule has 5 heteroatoms. The van der Waals surface area contributed by atoms with Gasteiger partial charge in [-0.25, -0.2) is 0 Å². The van der Waals surface area contributed by atoms with E-state index in [0.717, 1.165) is 38.8 Å². The fraction of sp³-hybridized carbons (Fsp3) is 0.875. The van der Waals surface area contributed by atoms with Crippen molar-refractivity contribution in [2.24, 2.45) is 5.92 Å². The first kappa shape index (κ1) is 16.3. The second kappa shape index (κ2) is 7.25. The van der Waals surface area contributed by atoms with Gasteiger partial charge >= 0.3 is 0 Å². The summed E-state index contributed by atoms with van der Waals surface area (Å²) in [5.41, 5.74) is 0. The fourth-order valence-corrected chi connectivity index (χ4v) is 3.79. The molecule has 0 bridgehead atoms. The van der Waals surface area contributed by atoms with Gasteiger partial charge in [0.05, 0.1) is 5.92 Å². The van der Waals surface area contributed by atoms with E-state index in [-0.39, 0.29) is 17.7 Å². The normalized spacial score (nSPS) is 26.2. The van der Waals surface area contributed by atoms with E-state index >= 15 is 0 Å². The van der Waals surface area contributed by atoms with Crippen LogP contribution in [0.4, 0.5) is 0 Å². The molecule has 2 amide bonds. The molecule has 120 valence electrons. The van der Waals surface area contributed by atoms with Crippen molar-refractivity contribution in [1.29, 1.82) is 0 Å². The Balaban J connectivity index is 1.99. The number of hydrogen-bond donors (Lipinski definition) is 1. The lowest BCUT2D eigenvalue weighted by atomic mass is 10.1. The number of carbonyl (C=O) groups is 2. The number of carbonyl (C=O) groups excluding carboxylic acids is 2. The van der Waals surface area contributed by atoms with E-state index < -0.39 is 0 Å². The molecule has 0 aromatic rings. The topological polar surface area (TPSA) is 52.7 Å². The summed E-state index contributed by atoms with van der Waals surface area (Å²) < 4.78 is 0. The van der Waals surface area contributed by atoms with Crippen molar-refractivity contribution in [3.63, 3.8) is 0 Å². The van der Waals surface area contributed by atoms with E-state index in [1.807, 2.05) is 16.8 Å². The van der Waals surface area contributed by atoms with Crippen LogP contribution in [-0.4, -0.2) is 60.4 Å². The van der Waals surface area contributed by atoms with E-state index in [1.165, 1.54) is 0 Å². The minimum Gasteiger partial charge on any atom is -0.339 e. The number of hydrogen-bond acceptors (Lipinski definition) is 3. The molecule has 0 spiro atoms. The van der Waals surface area contributed by atoms with Crippen LogP contribution in [0.15, 0.2) is 0 Å². The Morgan fingerprint density at radius 1 is 1.38 bits per heavy atom. The summed E-state index contributed by atoms with van der Waals surface area (Å²) in [5.74, 6) is 0.219. The van der Waals surface area contributed by atoms with Crippen molar-refractivity contribution in [2.45, 2.75) is 58.0 Å². The molecule has 0 aromatic carbocycles. The number of nitrogens with one attached hydrogen (secondary N) is 1. The van der Waals surface area contributed by atoms with Crippen molar-refractivity contribution in [2.75, 3.05) is 26.7 Å². The maximum atomic E-state index is 12.7. The summed E-state index contributed by atoms with van der Waals surface area (Å²) in [6.45, 7) is 6.54. The Hall–Kier alpha value is -1.10. The van der Waals surface area contributed by atoms with Gasteiger partial charge in [0.1, 0.15) is 0 Å². The monoisotopic (exact) mass is 295 g/mol. The van der Waals surface area contributed by atoms with Gasteiger partial charge in [-0.05, 0) is 32.7 Å². The minimum atomic E-state index is -0.129. The Bertz CT molecular complexity index is 382. The molecular weight excluding hydrogens is 266 g/mol. The van der Waals surface area contributed by atoms with Crippen LogP contribution < -0.4 is 5.32 Å². The molecule has 2 atom stereocenters. The van der Waals surface area contributed by atoms with E-state index in [1.54, 1.807) is 0 Å². The maximum Gasteiger partial charge on any atom is 0.228 e. The number of likely N-dealkylation sites (tertiary alicyclic amines) is 2. The van der Waals surface area contributed by atoms with Crippen LogP contribution in [0.5, 0.6) is 0 Å². The Morgan fingerprint density at radius 2 is 2.10 bits per heavy atom. The molecule has 5 nitrogen and oxygen atoms in total. The van der Waals surface area contributed by atoms with Crippen molar-refractivity contribution in [3.05, 3.63) is 0 Å². The zero-order valence-corrected chi connectivity index (χ0v) is 13.6. The van der Waals surface area contributed by atoms with Gasteiger partial charge in [0.15, 0.2) is 0 Å². The smallest absolute Gasteiger partial charge is 0.228 e. The Kier molecular flexibility index (Phi) is 5.62. The predicted octanol–water partition coefficient (Wildman–Crippen LogP) is 1.23. The van der Waals surface area contributed by atoms with Crippen LogP contribution in [0.25, 0.3) is 0 Å². The number of nitrogens with zero attached hydrogens (tertiary/aromatic N) is 2. The lowest BCUT2D eigenvalue weighted by molar-refractivity contribution is -0.136. The first-order chi connectivity index (χ1) is 10.1. The van der Waals surface area contributed by atoms with E-state index in [9.17, 15) is 9.59 Å². The zero-order chi connectivity index (χ0) is 15.4. The average molecular weight is 295 g/mol. The molecular formula is C16H29N3O2. The molecule has 0 radical (unpaired) electrons. The largest absolute Gasteiger partial charge is 0.339 e. The molecule has 0 aliphatic carbocycles. The van der Waals surface area contributed by atoms with Gasteiger partial charge in [-0.1, -0.05) is 13.8 Å². The summed E-state index contributed by atoms with van der Waals surface area (Å²) in [5, 5.41) is 3.17. The summed E-state index contributed by atoms with van der Waals surface area (Å²) in [6.07, 6.45) is 4.49. The highest BCUT2D eigenvalue weighted by Crippen LogP contribution is 2.27. The van der Waals surface area contributed by atoms with Gasteiger partial charge in [0.2, 0.25) is 11.8 Å². The van der Waals surface area contributed by atoms with Crippen LogP contribution in [0.2, 0.25) is 0 Å². The number of rotatable bonds is 6. The van der Waals surface area contributed by atoms with Crippen LogP contribution in [0.3, 0.4) is 0 Å². The lowest BCUT2D eigenvalue weighted by Gasteiger charge is -2.29. The molecule has 2 fully saturated rings. The van der Waals surface area contributed by atoms with Crippen LogP contribution in [0.1, 0.15) is 46.0 Å². The Morgan fingerprint density at radius 3 is 2.71 bits per heavy atom. The van der Waals surface area contributed by atoms with Crippen LogP contribution in [-0.2, 0) is 9.59 Å². The van der Waals surface area contributed by atoms with Crippen molar-refractivity contribution in [1.82, 2.24) is 15.1 Å². The standard InChI is InChI=1S/C16H29N3O2/c1-4-13(5-2)19-11-12(9-15(19)20)16(21)18-8-6-7-14(18)10-17-3/h12-14,17H,4-11H2,1-3H3. The second-order valence-corrected chi connectivity index (χ2v) is 6.30. The van der Waals surface area contributed by atoms with Crippen molar-refractivity contribution >= 4 is 11.8 Å². The highest BCUT2D eigenvalue weighted by Gasteiger charge is 2.40. The van der Waals surface area contributed by atoms with Gasteiger partial charge in [0, 0.05) is 38.1 Å². The molecule has 21 heavy (non-hydrogen) atoms. The highest BCUT2D eigenvalue weighted by atomic mass is 16.2. The van der Waals surface area contributed by atoms with Gasteiger partial charge in [-0.2, -0.15) is 0 Å². The molecule has 2 heterocycles. The van der Waals surface area contributed by atoms with Gasteiger partial charge in [0.25, 0.3) is 0 Å². The number of likely N-dealkylation sites (N-methyl/N-ethyl adjacent to an activating group) is 1. The molecule has 2 rings (SSSR count). The average Bonchev–Trinajstić information content (AvgIpc) is 3.08. The Labute approximate surface area is 128 Å². The zero-order valence-electron chi connectivity index (χ0n) is 13.6. The van der Waals surface area contributed by atoms with Gasteiger partial charge < -0.3 is 15.1 Å². The highest BCUT2D eigenvalue weighted by molar-refractivity contribution is 5.89. The summed E-state index contributed by atoms with van der Waals surface area (Å²) in [4.78, 5) is 28.9. The lowest BCUT2D eigenvalue weighted by Crippen LogP contribution is -2.44. The predicted molar refractivity (Wildman–Crippen MR) is 82.9 cm³/mol. The van der Waals surface area contributed by atoms with E-state index in [4.69, 9.17) is 0 Å². The molecule has 2 saturated heterocycles. The molecule has 2 unspecified atom stereocenters. The molecule has 0 aromatic heterocycles. The first-order valence-electron chi connectivity index (χ1n) is 8.36. The third kappa shape index (κ3) is 3.39. The van der Waals surface area contributed by atoms with Gasteiger partial charge in [-0.15, -0.1) is 0 Å². The second-order valence-electron chi connectivity index (χ2n) is 6.30. The minimum absolute atomic E-state index is 0.129.